The predicted octanol–water partition coefficient (Wildman–Crippen LogP) is 1.31. The number of nitrogens with one attached hydrogen (secondary N) is 2. The van der Waals surface area contributed by atoms with E-state index in [9.17, 15) is 4.79 Å². The summed E-state index contributed by atoms with van der Waals surface area (Å²) in [7, 11) is 0. The Bertz CT molecular complexity index is 265. The van der Waals surface area contributed by atoms with Gasteiger partial charge in [-0.1, -0.05) is 26.2 Å². The third kappa shape index (κ3) is 4.25. The van der Waals surface area contributed by atoms with E-state index in [1.165, 1.54) is 25.7 Å². The van der Waals surface area contributed by atoms with Crippen molar-refractivity contribution in [1.29, 1.82) is 0 Å². The Morgan fingerprint density at radius 2 is 2.22 bits per heavy atom. The van der Waals surface area contributed by atoms with Crippen molar-refractivity contribution in [1.82, 2.24) is 10.6 Å². The van der Waals surface area contributed by atoms with Gasteiger partial charge in [0.25, 0.3) is 0 Å². The maximum Gasteiger partial charge on any atom is 0.221 e. The Morgan fingerprint density at radius 1 is 1.39 bits per heavy atom. The number of hydrogen-bond donors (Lipinski definition) is 2. The van der Waals surface area contributed by atoms with Gasteiger partial charge < -0.3 is 15.4 Å². The first-order chi connectivity index (χ1) is 8.75. The third-order valence-corrected chi connectivity index (χ3v) is 4.28. The van der Waals surface area contributed by atoms with Crippen LogP contribution in [-0.4, -0.2) is 38.3 Å². The Balaban J connectivity index is 1.64. The van der Waals surface area contributed by atoms with Gasteiger partial charge in [-0.25, -0.2) is 0 Å². The van der Waals surface area contributed by atoms with E-state index in [2.05, 4.69) is 17.6 Å². The molecule has 1 aliphatic carbocycles. The molecule has 1 heterocycles. The van der Waals surface area contributed by atoms with E-state index >= 15 is 0 Å². The van der Waals surface area contributed by atoms with Crippen LogP contribution in [0.15, 0.2) is 0 Å². The van der Waals surface area contributed by atoms with Crippen LogP contribution in [0.1, 0.15) is 39.0 Å². The molecule has 3 unspecified atom stereocenters. The van der Waals surface area contributed by atoms with Crippen LogP contribution in [-0.2, 0) is 9.53 Å². The SMILES string of the molecule is CC1CCCCC1CNC(=O)CC1COCCN1. The molecule has 104 valence electrons. The molecule has 0 bridgehead atoms. The van der Waals surface area contributed by atoms with Gasteiger partial charge in [0.05, 0.1) is 13.2 Å². The van der Waals surface area contributed by atoms with E-state index in [4.69, 9.17) is 4.74 Å². The summed E-state index contributed by atoms with van der Waals surface area (Å²) in [5, 5.41) is 6.41. The number of amides is 1. The second kappa shape index (κ2) is 7.10. The maximum absolute atomic E-state index is 11.9. The fourth-order valence-corrected chi connectivity index (χ4v) is 2.99. The van der Waals surface area contributed by atoms with E-state index in [0.29, 0.717) is 18.9 Å². The Hall–Kier alpha value is -0.610. The van der Waals surface area contributed by atoms with Gasteiger partial charge in [-0.05, 0) is 18.3 Å². The average molecular weight is 254 g/mol. The summed E-state index contributed by atoms with van der Waals surface area (Å²) in [5.74, 6) is 1.60. The second-order valence-electron chi connectivity index (χ2n) is 5.76. The molecule has 1 amide bonds. The summed E-state index contributed by atoms with van der Waals surface area (Å²) < 4.78 is 5.35. The molecular formula is C14H26N2O2. The first kappa shape index (κ1) is 13.8. The molecule has 4 heteroatoms. The summed E-state index contributed by atoms with van der Waals surface area (Å²) in [6.45, 7) is 5.45. The molecule has 1 aliphatic heterocycles. The fraction of sp³-hybridized carbons (Fsp3) is 0.929. The summed E-state index contributed by atoms with van der Waals surface area (Å²) in [4.78, 5) is 11.9. The van der Waals surface area contributed by atoms with E-state index in [0.717, 1.165) is 25.6 Å². The second-order valence-corrected chi connectivity index (χ2v) is 5.76. The normalized spacial score (nSPS) is 33.1. The Labute approximate surface area is 110 Å². The zero-order valence-electron chi connectivity index (χ0n) is 11.4. The molecule has 0 aromatic carbocycles. The van der Waals surface area contributed by atoms with Crippen molar-refractivity contribution >= 4 is 5.91 Å². The molecule has 2 rings (SSSR count). The van der Waals surface area contributed by atoms with Crippen LogP contribution in [0.5, 0.6) is 0 Å². The van der Waals surface area contributed by atoms with E-state index in [1.54, 1.807) is 0 Å². The first-order valence-electron chi connectivity index (χ1n) is 7.33. The van der Waals surface area contributed by atoms with Crippen LogP contribution >= 0.6 is 0 Å². The quantitative estimate of drug-likeness (QED) is 0.795. The van der Waals surface area contributed by atoms with Crippen LogP contribution in [0.25, 0.3) is 0 Å². The van der Waals surface area contributed by atoms with Gasteiger partial charge in [-0.3, -0.25) is 4.79 Å². The molecule has 2 aliphatic rings. The molecule has 0 radical (unpaired) electrons. The summed E-state index contributed by atoms with van der Waals surface area (Å²) >= 11 is 0. The van der Waals surface area contributed by atoms with Crippen molar-refractivity contribution < 1.29 is 9.53 Å². The van der Waals surface area contributed by atoms with Gasteiger partial charge >= 0.3 is 0 Å². The van der Waals surface area contributed by atoms with Gasteiger partial charge in [0.2, 0.25) is 5.91 Å². The molecule has 4 nitrogen and oxygen atoms in total. The molecule has 2 fully saturated rings. The minimum atomic E-state index is 0.163. The van der Waals surface area contributed by atoms with E-state index in [-0.39, 0.29) is 11.9 Å². The Kier molecular flexibility index (Phi) is 5.45. The van der Waals surface area contributed by atoms with Crippen LogP contribution in [0, 0.1) is 11.8 Å². The topological polar surface area (TPSA) is 50.4 Å². The number of rotatable bonds is 4. The largest absolute Gasteiger partial charge is 0.378 e. The smallest absolute Gasteiger partial charge is 0.221 e. The highest BCUT2D eigenvalue weighted by molar-refractivity contribution is 5.76. The highest BCUT2D eigenvalue weighted by Gasteiger charge is 2.22. The molecule has 2 N–H and O–H groups in total. The lowest BCUT2D eigenvalue weighted by molar-refractivity contribution is -0.122. The number of hydrogen-bond acceptors (Lipinski definition) is 3. The van der Waals surface area contributed by atoms with Crippen molar-refractivity contribution in [3.63, 3.8) is 0 Å². The zero-order valence-corrected chi connectivity index (χ0v) is 11.4. The van der Waals surface area contributed by atoms with Gasteiger partial charge in [0.1, 0.15) is 0 Å². The lowest BCUT2D eigenvalue weighted by Crippen LogP contribution is -2.45. The molecule has 0 aromatic rings. The molecule has 18 heavy (non-hydrogen) atoms. The van der Waals surface area contributed by atoms with Crippen LogP contribution in [0.2, 0.25) is 0 Å². The molecule has 3 atom stereocenters. The highest BCUT2D eigenvalue weighted by Crippen LogP contribution is 2.28. The fourth-order valence-electron chi connectivity index (χ4n) is 2.99. The van der Waals surface area contributed by atoms with Gasteiger partial charge in [-0.2, -0.15) is 0 Å². The van der Waals surface area contributed by atoms with E-state index in [1.807, 2.05) is 0 Å². The summed E-state index contributed by atoms with van der Waals surface area (Å²) in [6.07, 6.45) is 5.81. The van der Waals surface area contributed by atoms with Crippen molar-refractivity contribution in [2.45, 2.75) is 45.1 Å². The summed E-state index contributed by atoms with van der Waals surface area (Å²) in [6, 6.07) is 0.197. The van der Waals surface area contributed by atoms with Crippen LogP contribution < -0.4 is 10.6 Å². The number of carbonyl (C=O) groups excluding carboxylic acids is 1. The molecule has 0 spiro atoms. The lowest BCUT2D eigenvalue weighted by atomic mass is 9.80. The number of ether oxygens (including phenoxy) is 1. The van der Waals surface area contributed by atoms with Crippen molar-refractivity contribution in [2.24, 2.45) is 11.8 Å². The van der Waals surface area contributed by atoms with Crippen molar-refractivity contribution in [3.8, 4) is 0 Å². The van der Waals surface area contributed by atoms with Crippen LogP contribution in [0.3, 0.4) is 0 Å². The standard InChI is InChI=1S/C14H26N2O2/c1-11-4-2-3-5-12(11)9-16-14(17)8-13-10-18-7-6-15-13/h11-13,15H,2-10H2,1H3,(H,16,17). The lowest BCUT2D eigenvalue weighted by Gasteiger charge is -2.29. The summed E-state index contributed by atoms with van der Waals surface area (Å²) in [5.41, 5.74) is 0. The van der Waals surface area contributed by atoms with Crippen molar-refractivity contribution in [3.05, 3.63) is 0 Å². The van der Waals surface area contributed by atoms with Crippen molar-refractivity contribution in [2.75, 3.05) is 26.3 Å². The predicted molar refractivity (Wildman–Crippen MR) is 71.4 cm³/mol. The van der Waals surface area contributed by atoms with Crippen LogP contribution in [0.4, 0.5) is 0 Å². The average Bonchev–Trinajstić information content (AvgIpc) is 2.39. The van der Waals surface area contributed by atoms with Gasteiger partial charge in [0.15, 0.2) is 0 Å². The first-order valence-corrected chi connectivity index (χ1v) is 7.33. The highest BCUT2D eigenvalue weighted by atomic mass is 16.5. The minimum absolute atomic E-state index is 0.163. The molecule has 0 aromatic heterocycles. The van der Waals surface area contributed by atoms with Gasteiger partial charge in [-0.15, -0.1) is 0 Å². The minimum Gasteiger partial charge on any atom is -0.378 e. The maximum atomic E-state index is 11.9. The number of carbonyl (C=O) groups is 1. The molecule has 1 saturated heterocycles. The number of morpholine rings is 1. The monoisotopic (exact) mass is 254 g/mol. The zero-order chi connectivity index (χ0) is 12.8. The van der Waals surface area contributed by atoms with Gasteiger partial charge in [0, 0.05) is 25.6 Å². The molecule has 1 saturated carbocycles. The van der Waals surface area contributed by atoms with E-state index < -0.39 is 0 Å². The third-order valence-electron chi connectivity index (χ3n) is 4.28. The Morgan fingerprint density at radius 3 is 2.94 bits per heavy atom. The molecular weight excluding hydrogens is 228 g/mol.